The van der Waals surface area contributed by atoms with Crippen LogP contribution in [0.4, 0.5) is 0 Å². The van der Waals surface area contributed by atoms with Crippen LogP contribution < -0.4 is 10.6 Å². The summed E-state index contributed by atoms with van der Waals surface area (Å²) in [5, 5.41) is 6.78. The molecule has 2 aromatic rings. The monoisotopic (exact) mass is 344 g/mol. The second-order valence-corrected chi connectivity index (χ2v) is 8.78. The lowest BCUT2D eigenvalue weighted by atomic mass is 9.95. The Hall–Kier alpha value is -1.30. The van der Waals surface area contributed by atoms with Crippen LogP contribution in [0, 0.1) is 6.92 Å². The SMILES string of the molecule is Cc1ccccc1Sc1ccc(C(=O)N[C@@H]2C[C@H]3CC[C@@H]2N3)s1. The minimum Gasteiger partial charge on any atom is -0.347 e. The summed E-state index contributed by atoms with van der Waals surface area (Å²) in [4.78, 5) is 14.5. The summed E-state index contributed by atoms with van der Waals surface area (Å²) in [6.45, 7) is 2.12. The molecule has 1 aromatic heterocycles. The molecule has 120 valence electrons. The molecule has 2 fully saturated rings. The lowest BCUT2D eigenvalue weighted by Crippen LogP contribution is -2.42. The minimum atomic E-state index is 0.0750. The van der Waals surface area contributed by atoms with E-state index in [1.165, 1.54) is 23.3 Å². The van der Waals surface area contributed by atoms with Crippen LogP contribution in [0.15, 0.2) is 45.5 Å². The molecular formula is C18H20N2OS2. The van der Waals surface area contributed by atoms with E-state index in [0.29, 0.717) is 18.1 Å². The highest BCUT2D eigenvalue weighted by Crippen LogP contribution is 2.35. The van der Waals surface area contributed by atoms with Gasteiger partial charge >= 0.3 is 0 Å². The number of rotatable bonds is 4. The van der Waals surface area contributed by atoms with Crippen molar-refractivity contribution in [2.24, 2.45) is 0 Å². The van der Waals surface area contributed by atoms with E-state index < -0.39 is 0 Å². The molecule has 3 atom stereocenters. The van der Waals surface area contributed by atoms with Gasteiger partial charge in [-0.25, -0.2) is 0 Å². The van der Waals surface area contributed by atoms with Crippen LogP contribution in [0.25, 0.3) is 0 Å². The molecule has 0 radical (unpaired) electrons. The molecule has 0 aliphatic carbocycles. The van der Waals surface area contributed by atoms with Crippen molar-refractivity contribution in [3.63, 3.8) is 0 Å². The first-order valence-electron chi connectivity index (χ1n) is 8.09. The molecule has 2 N–H and O–H groups in total. The van der Waals surface area contributed by atoms with E-state index in [2.05, 4.69) is 47.9 Å². The molecular weight excluding hydrogens is 324 g/mol. The van der Waals surface area contributed by atoms with E-state index in [9.17, 15) is 4.79 Å². The van der Waals surface area contributed by atoms with Crippen molar-refractivity contribution in [1.82, 2.24) is 10.6 Å². The quantitative estimate of drug-likeness (QED) is 0.886. The number of thiophene rings is 1. The summed E-state index contributed by atoms with van der Waals surface area (Å²) < 4.78 is 1.16. The number of carbonyl (C=O) groups excluding carboxylic acids is 1. The van der Waals surface area contributed by atoms with Crippen LogP contribution in [-0.4, -0.2) is 24.0 Å². The average Bonchev–Trinajstić information content (AvgIpc) is 3.26. The Kier molecular flexibility index (Phi) is 4.18. The van der Waals surface area contributed by atoms with Crippen molar-refractivity contribution in [2.45, 2.75) is 53.4 Å². The van der Waals surface area contributed by atoms with Gasteiger partial charge in [-0.3, -0.25) is 4.79 Å². The Labute approximate surface area is 144 Å². The van der Waals surface area contributed by atoms with Crippen LogP contribution in [-0.2, 0) is 0 Å². The van der Waals surface area contributed by atoms with E-state index in [4.69, 9.17) is 0 Å². The number of amides is 1. The third-order valence-corrected chi connectivity index (χ3v) is 7.12. The molecule has 1 aromatic carbocycles. The summed E-state index contributed by atoms with van der Waals surface area (Å²) in [7, 11) is 0. The molecule has 2 aliphatic heterocycles. The molecule has 3 nitrogen and oxygen atoms in total. The second kappa shape index (κ2) is 6.30. The van der Waals surface area contributed by atoms with Gasteiger partial charge in [0, 0.05) is 23.0 Å². The number of hydrogen-bond acceptors (Lipinski definition) is 4. The zero-order valence-electron chi connectivity index (χ0n) is 13.0. The molecule has 0 unspecified atom stereocenters. The van der Waals surface area contributed by atoms with Crippen LogP contribution >= 0.6 is 23.1 Å². The minimum absolute atomic E-state index is 0.0750. The van der Waals surface area contributed by atoms with Gasteiger partial charge < -0.3 is 10.6 Å². The van der Waals surface area contributed by atoms with Crippen molar-refractivity contribution >= 4 is 29.0 Å². The fourth-order valence-electron chi connectivity index (χ4n) is 3.50. The molecule has 0 spiro atoms. The second-order valence-electron chi connectivity index (χ2n) is 6.35. The van der Waals surface area contributed by atoms with Gasteiger partial charge in [0.25, 0.3) is 5.91 Å². The zero-order valence-corrected chi connectivity index (χ0v) is 14.7. The first kappa shape index (κ1) is 15.2. The highest BCUT2D eigenvalue weighted by molar-refractivity contribution is 8.01. The van der Waals surface area contributed by atoms with Crippen LogP contribution in [0.1, 0.15) is 34.5 Å². The summed E-state index contributed by atoms with van der Waals surface area (Å²) in [6, 6.07) is 13.7. The standard InChI is InChI=1S/C18H20N2OS2/c1-11-4-2-3-5-15(11)22-17-9-8-16(23-17)18(21)20-14-10-12-6-7-13(14)19-12/h2-5,8-9,12-14,19H,6-7,10H2,1H3,(H,20,21)/t12-,13+,14-/m1/s1. The molecule has 3 heterocycles. The lowest BCUT2D eigenvalue weighted by Gasteiger charge is -2.20. The molecule has 23 heavy (non-hydrogen) atoms. The predicted octanol–water partition coefficient (Wildman–Crippen LogP) is 3.83. The Balaban J connectivity index is 1.41. The Bertz CT molecular complexity index is 727. The van der Waals surface area contributed by atoms with Crippen LogP contribution in [0.3, 0.4) is 0 Å². The third kappa shape index (κ3) is 3.18. The number of benzene rings is 1. The highest BCUT2D eigenvalue weighted by Gasteiger charge is 2.39. The maximum atomic E-state index is 12.5. The smallest absolute Gasteiger partial charge is 0.261 e. The number of nitrogens with one attached hydrogen (secondary N) is 2. The molecule has 2 bridgehead atoms. The fourth-order valence-corrected chi connectivity index (χ4v) is 5.57. The Morgan fingerprint density at radius 3 is 2.87 bits per heavy atom. The summed E-state index contributed by atoms with van der Waals surface area (Å²) in [5.41, 5.74) is 1.27. The van der Waals surface area contributed by atoms with E-state index in [0.717, 1.165) is 15.5 Å². The normalized spacial score (nSPS) is 25.7. The Morgan fingerprint density at radius 1 is 1.26 bits per heavy atom. The number of hydrogen-bond donors (Lipinski definition) is 2. The van der Waals surface area contributed by atoms with Gasteiger partial charge in [0.15, 0.2) is 0 Å². The van der Waals surface area contributed by atoms with Crippen molar-refractivity contribution < 1.29 is 4.79 Å². The van der Waals surface area contributed by atoms with Gasteiger partial charge in [-0.1, -0.05) is 30.0 Å². The van der Waals surface area contributed by atoms with Crippen LogP contribution in [0.2, 0.25) is 0 Å². The topological polar surface area (TPSA) is 41.1 Å². The fraction of sp³-hybridized carbons (Fsp3) is 0.389. The van der Waals surface area contributed by atoms with E-state index in [1.54, 1.807) is 23.1 Å². The van der Waals surface area contributed by atoms with Crippen molar-refractivity contribution in [2.75, 3.05) is 0 Å². The van der Waals surface area contributed by atoms with E-state index >= 15 is 0 Å². The summed E-state index contributed by atoms with van der Waals surface area (Å²) in [6.07, 6.45) is 3.52. The van der Waals surface area contributed by atoms with Gasteiger partial charge in [0.05, 0.1) is 9.09 Å². The molecule has 2 saturated heterocycles. The van der Waals surface area contributed by atoms with E-state index in [1.807, 2.05) is 6.07 Å². The average molecular weight is 345 g/mol. The maximum Gasteiger partial charge on any atom is 0.261 e. The van der Waals surface area contributed by atoms with Gasteiger partial charge in [0.2, 0.25) is 0 Å². The third-order valence-electron chi connectivity index (χ3n) is 4.73. The summed E-state index contributed by atoms with van der Waals surface area (Å²) in [5.74, 6) is 0.0750. The molecule has 1 amide bonds. The molecule has 2 aliphatic rings. The Morgan fingerprint density at radius 2 is 2.13 bits per heavy atom. The zero-order chi connectivity index (χ0) is 15.8. The van der Waals surface area contributed by atoms with Gasteiger partial charge in [-0.15, -0.1) is 11.3 Å². The molecule has 4 rings (SSSR count). The summed E-state index contributed by atoms with van der Waals surface area (Å²) >= 11 is 3.31. The molecule has 0 saturated carbocycles. The largest absolute Gasteiger partial charge is 0.347 e. The first-order valence-corrected chi connectivity index (χ1v) is 9.72. The molecule has 5 heteroatoms. The number of fused-ring (bicyclic) bond motifs is 2. The number of carbonyl (C=O) groups is 1. The maximum absolute atomic E-state index is 12.5. The van der Waals surface area contributed by atoms with Gasteiger partial charge in [0.1, 0.15) is 0 Å². The number of aryl methyl sites for hydroxylation is 1. The van der Waals surface area contributed by atoms with Crippen LogP contribution in [0.5, 0.6) is 0 Å². The van der Waals surface area contributed by atoms with Crippen molar-refractivity contribution in [3.8, 4) is 0 Å². The highest BCUT2D eigenvalue weighted by atomic mass is 32.2. The first-order chi connectivity index (χ1) is 11.2. The van der Waals surface area contributed by atoms with E-state index in [-0.39, 0.29) is 5.91 Å². The van der Waals surface area contributed by atoms with Gasteiger partial charge in [-0.05, 0) is 49.9 Å². The predicted molar refractivity (Wildman–Crippen MR) is 95.4 cm³/mol. The van der Waals surface area contributed by atoms with Gasteiger partial charge in [-0.2, -0.15) is 0 Å². The van der Waals surface area contributed by atoms with Crippen molar-refractivity contribution in [3.05, 3.63) is 46.8 Å². The lowest BCUT2D eigenvalue weighted by molar-refractivity contribution is 0.0935. The van der Waals surface area contributed by atoms with Crippen molar-refractivity contribution in [1.29, 1.82) is 0 Å².